The van der Waals surface area contributed by atoms with E-state index < -0.39 is 6.04 Å². The second kappa shape index (κ2) is 7.31. The van der Waals surface area contributed by atoms with Gasteiger partial charge in [-0.3, -0.25) is 9.59 Å². The Kier molecular flexibility index (Phi) is 4.70. The SMILES string of the molecule is Cc1ccc(NC(=O)C(c2ccccc2)N2Cc3ccccc3C2=O)c(C)c1. The van der Waals surface area contributed by atoms with Crippen molar-refractivity contribution < 1.29 is 9.59 Å². The van der Waals surface area contributed by atoms with Gasteiger partial charge in [0.05, 0.1) is 0 Å². The van der Waals surface area contributed by atoms with Crippen molar-refractivity contribution in [1.82, 2.24) is 4.90 Å². The van der Waals surface area contributed by atoms with E-state index in [9.17, 15) is 9.59 Å². The molecule has 0 aromatic heterocycles. The molecule has 0 spiro atoms. The van der Waals surface area contributed by atoms with Gasteiger partial charge in [-0.15, -0.1) is 0 Å². The van der Waals surface area contributed by atoms with Crippen LogP contribution < -0.4 is 5.32 Å². The van der Waals surface area contributed by atoms with Gasteiger partial charge in [-0.1, -0.05) is 66.2 Å². The number of rotatable bonds is 4. The topological polar surface area (TPSA) is 49.4 Å². The van der Waals surface area contributed by atoms with E-state index in [0.29, 0.717) is 12.1 Å². The van der Waals surface area contributed by atoms with Crippen molar-refractivity contribution in [3.05, 3.63) is 101 Å². The van der Waals surface area contributed by atoms with Gasteiger partial charge in [0.25, 0.3) is 11.8 Å². The molecule has 1 atom stereocenters. The second-order valence-electron chi connectivity index (χ2n) is 7.21. The monoisotopic (exact) mass is 370 g/mol. The van der Waals surface area contributed by atoms with Gasteiger partial charge in [-0.25, -0.2) is 0 Å². The number of nitrogens with zero attached hydrogens (tertiary/aromatic N) is 1. The highest BCUT2D eigenvalue weighted by atomic mass is 16.2. The van der Waals surface area contributed by atoms with E-state index in [4.69, 9.17) is 0 Å². The molecule has 0 radical (unpaired) electrons. The first-order valence-corrected chi connectivity index (χ1v) is 9.36. The van der Waals surface area contributed by atoms with Crippen LogP contribution in [0, 0.1) is 13.8 Å². The summed E-state index contributed by atoms with van der Waals surface area (Å²) in [5.74, 6) is -0.320. The number of carbonyl (C=O) groups is 2. The summed E-state index contributed by atoms with van der Waals surface area (Å²) in [4.78, 5) is 28.0. The van der Waals surface area contributed by atoms with Crippen molar-refractivity contribution in [1.29, 1.82) is 0 Å². The first kappa shape index (κ1) is 18.0. The third-order valence-corrected chi connectivity index (χ3v) is 5.16. The van der Waals surface area contributed by atoms with Gasteiger partial charge in [-0.2, -0.15) is 0 Å². The molecule has 1 aliphatic heterocycles. The Morgan fingerprint density at radius 3 is 2.39 bits per heavy atom. The van der Waals surface area contributed by atoms with Crippen LogP contribution in [0.4, 0.5) is 5.69 Å². The van der Waals surface area contributed by atoms with Gasteiger partial charge in [0, 0.05) is 17.8 Å². The number of aryl methyl sites for hydroxylation is 2. The fourth-order valence-electron chi connectivity index (χ4n) is 3.75. The summed E-state index contributed by atoms with van der Waals surface area (Å²) in [6, 6.07) is 22.2. The molecule has 4 heteroatoms. The molecule has 0 saturated carbocycles. The lowest BCUT2D eigenvalue weighted by Gasteiger charge is -2.27. The van der Waals surface area contributed by atoms with Gasteiger partial charge in [0.15, 0.2) is 0 Å². The Balaban J connectivity index is 1.69. The molecule has 3 aromatic rings. The Hall–Kier alpha value is -3.40. The average Bonchev–Trinajstić information content (AvgIpc) is 3.02. The Labute approximate surface area is 164 Å². The molecule has 2 amide bonds. The minimum absolute atomic E-state index is 0.111. The maximum Gasteiger partial charge on any atom is 0.255 e. The lowest BCUT2D eigenvalue weighted by atomic mass is 10.0. The number of benzene rings is 3. The summed E-state index contributed by atoms with van der Waals surface area (Å²) in [6.45, 7) is 4.41. The summed E-state index contributed by atoms with van der Waals surface area (Å²) >= 11 is 0. The first-order valence-electron chi connectivity index (χ1n) is 9.36. The minimum atomic E-state index is -0.693. The number of fused-ring (bicyclic) bond motifs is 1. The molecule has 1 N–H and O–H groups in total. The van der Waals surface area contributed by atoms with E-state index in [2.05, 4.69) is 5.32 Å². The van der Waals surface area contributed by atoms with Crippen LogP contribution in [0.3, 0.4) is 0 Å². The zero-order valence-corrected chi connectivity index (χ0v) is 16.0. The molecular formula is C24H22N2O2. The van der Waals surface area contributed by atoms with Crippen LogP contribution in [0.1, 0.15) is 38.7 Å². The molecule has 0 fully saturated rings. The summed E-state index contributed by atoms with van der Waals surface area (Å²) < 4.78 is 0. The maximum absolute atomic E-state index is 13.3. The highest BCUT2D eigenvalue weighted by Crippen LogP contribution is 2.32. The molecule has 140 valence electrons. The molecule has 0 aliphatic carbocycles. The van der Waals surface area contributed by atoms with Gasteiger partial charge >= 0.3 is 0 Å². The standard InChI is InChI=1S/C24H22N2O2/c1-16-12-13-21(17(2)14-16)25-23(27)22(18-8-4-3-5-9-18)26-15-19-10-6-7-11-20(19)24(26)28/h3-14,22H,15H2,1-2H3,(H,25,27). The number of hydrogen-bond donors (Lipinski definition) is 1. The van der Waals surface area contributed by atoms with Crippen molar-refractivity contribution in [2.75, 3.05) is 5.32 Å². The number of nitrogens with one attached hydrogen (secondary N) is 1. The quantitative estimate of drug-likeness (QED) is 0.727. The van der Waals surface area contributed by atoms with Crippen LogP contribution in [0.25, 0.3) is 0 Å². The lowest BCUT2D eigenvalue weighted by molar-refractivity contribution is -0.120. The van der Waals surface area contributed by atoms with Crippen LogP contribution in [0.2, 0.25) is 0 Å². The van der Waals surface area contributed by atoms with Crippen molar-refractivity contribution in [3.63, 3.8) is 0 Å². The zero-order valence-electron chi connectivity index (χ0n) is 16.0. The van der Waals surface area contributed by atoms with Crippen LogP contribution in [-0.4, -0.2) is 16.7 Å². The molecule has 4 rings (SSSR count). The summed E-state index contributed by atoms with van der Waals surface area (Å²) in [7, 11) is 0. The predicted octanol–water partition coefficient (Wildman–Crippen LogP) is 4.64. The van der Waals surface area contributed by atoms with Crippen LogP contribution in [-0.2, 0) is 11.3 Å². The fourth-order valence-corrected chi connectivity index (χ4v) is 3.75. The Morgan fingerprint density at radius 2 is 1.68 bits per heavy atom. The molecule has 1 heterocycles. The third-order valence-electron chi connectivity index (χ3n) is 5.16. The van der Waals surface area contributed by atoms with Crippen molar-refractivity contribution >= 4 is 17.5 Å². The van der Waals surface area contributed by atoms with Crippen LogP contribution >= 0.6 is 0 Å². The van der Waals surface area contributed by atoms with E-state index in [1.165, 1.54) is 0 Å². The smallest absolute Gasteiger partial charge is 0.255 e. The van der Waals surface area contributed by atoms with E-state index in [1.807, 2.05) is 86.6 Å². The van der Waals surface area contributed by atoms with Gasteiger partial charge in [-0.05, 0) is 42.7 Å². The highest BCUT2D eigenvalue weighted by Gasteiger charge is 2.37. The van der Waals surface area contributed by atoms with Gasteiger partial charge in [0.1, 0.15) is 6.04 Å². The number of anilines is 1. The van der Waals surface area contributed by atoms with E-state index >= 15 is 0 Å². The molecule has 4 nitrogen and oxygen atoms in total. The third kappa shape index (κ3) is 3.29. The van der Waals surface area contributed by atoms with Crippen molar-refractivity contribution in [2.45, 2.75) is 26.4 Å². The van der Waals surface area contributed by atoms with E-state index in [1.54, 1.807) is 4.90 Å². The molecule has 1 aliphatic rings. The second-order valence-corrected chi connectivity index (χ2v) is 7.21. The normalized spacial score (nSPS) is 13.9. The summed E-state index contributed by atoms with van der Waals surface area (Å²) in [6.07, 6.45) is 0. The van der Waals surface area contributed by atoms with E-state index in [-0.39, 0.29) is 11.8 Å². The maximum atomic E-state index is 13.3. The number of carbonyl (C=O) groups excluding carboxylic acids is 2. The van der Waals surface area contributed by atoms with Crippen molar-refractivity contribution in [3.8, 4) is 0 Å². The van der Waals surface area contributed by atoms with Crippen LogP contribution in [0.5, 0.6) is 0 Å². The van der Waals surface area contributed by atoms with E-state index in [0.717, 1.165) is 27.9 Å². The largest absolute Gasteiger partial charge is 0.324 e. The molecule has 0 saturated heterocycles. The Bertz CT molecular complexity index is 1040. The highest BCUT2D eigenvalue weighted by molar-refractivity contribution is 6.04. The summed E-state index contributed by atoms with van der Waals surface area (Å²) in [5.41, 5.74) is 5.32. The summed E-state index contributed by atoms with van der Waals surface area (Å²) in [5, 5.41) is 3.03. The zero-order chi connectivity index (χ0) is 19.7. The minimum Gasteiger partial charge on any atom is -0.324 e. The predicted molar refractivity (Wildman–Crippen MR) is 110 cm³/mol. The van der Waals surface area contributed by atoms with Crippen LogP contribution in [0.15, 0.2) is 72.8 Å². The Morgan fingerprint density at radius 1 is 0.964 bits per heavy atom. The van der Waals surface area contributed by atoms with Gasteiger partial charge in [0.2, 0.25) is 0 Å². The molecular weight excluding hydrogens is 348 g/mol. The average molecular weight is 370 g/mol. The molecule has 3 aromatic carbocycles. The molecule has 0 bridgehead atoms. The van der Waals surface area contributed by atoms with Gasteiger partial charge < -0.3 is 10.2 Å². The lowest BCUT2D eigenvalue weighted by Crippen LogP contribution is -2.37. The van der Waals surface area contributed by atoms with Crippen molar-refractivity contribution in [2.24, 2.45) is 0 Å². The fraction of sp³-hybridized carbons (Fsp3) is 0.167. The number of hydrogen-bond acceptors (Lipinski definition) is 2. The molecule has 1 unspecified atom stereocenters. The number of amides is 2. The first-order chi connectivity index (χ1) is 13.5. The molecule has 28 heavy (non-hydrogen) atoms.